The van der Waals surface area contributed by atoms with Crippen molar-refractivity contribution < 1.29 is 13.9 Å². The Hall–Kier alpha value is -2.87. The normalized spacial score (nSPS) is 9.43. The van der Waals surface area contributed by atoms with E-state index in [1.807, 2.05) is 0 Å². The van der Waals surface area contributed by atoms with Crippen molar-refractivity contribution >= 4 is 5.91 Å². The van der Waals surface area contributed by atoms with Gasteiger partial charge >= 0.3 is 0 Å². The first-order valence-electron chi connectivity index (χ1n) is 6.26. The highest BCUT2D eigenvalue weighted by Gasteiger charge is 2.07. The van der Waals surface area contributed by atoms with Crippen molar-refractivity contribution in [3.8, 4) is 23.3 Å². The molecule has 0 atom stereocenters. The first-order chi connectivity index (χ1) is 10.2. The van der Waals surface area contributed by atoms with Gasteiger partial charge in [0.15, 0.2) is 11.6 Å². The fourth-order valence-electron chi connectivity index (χ4n) is 1.61. The maximum absolute atomic E-state index is 13.9. The minimum Gasteiger partial charge on any atom is -0.453 e. The third kappa shape index (κ3) is 4.32. The summed E-state index contributed by atoms with van der Waals surface area (Å²) >= 11 is 0. The predicted molar refractivity (Wildman–Crippen MR) is 76.0 cm³/mol. The highest BCUT2D eigenvalue weighted by atomic mass is 19.1. The zero-order valence-corrected chi connectivity index (χ0v) is 11.4. The number of rotatable bonds is 4. The summed E-state index contributed by atoms with van der Waals surface area (Å²) in [6.45, 7) is 1.78. The van der Waals surface area contributed by atoms with E-state index in [-0.39, 0.29) is 12.3 Å². The van der Waals surface area contributed by atoms with Crippen molar-refractivity contribution in [2.75, 3.05) is 0 Å². The van der Waals surface area contributed by atoms with Gasteiger partial charge in [-0.2, -0.15) is 0 Å². The van der Waals surface area contributed by atoms with Crippen molar-refractivity contribution in [2.45, 2.75) is 13.5 Å². The Bertz CT molecular complexity index is 690. The van der Waals surface area contributed by atoms with Crippen LogP contribution in [-0.4, -0.2) is 10.9 Å². The van der Waals surface area contributed by atoms with Crippen molar-refractivity contribution in [2.24, 2.45) is 0 Å². The summed E-state index contributed by atoms with van der Waals surface area (Å²) in [6.07, 6.45) is 3.10. The second-order valence-electron chi connectivity index (χ2n) is 4.11. The van der Waals surface area contributed by atoms with Crippen LogP contribution >= 0.6 is 0 Å². The van der Waals surface area contributed by atoms with Gasteiger partial charge in [-0.3, -0.25) is 9.78 Å². The molecule has 0 aliphatic carbocycles. The van der Waals surface area contributed by atoms with E-state index in [4.69, 9.17) is 4.74 Å². The highest BCUT2D eigenvalue weighted by Crippen LogP contribution is 2.24. The molecule has 0 radical (unpaired) electrons. The molecule has 0 aliphatic heterocycles. The number of nitrogens with one attached hydrogen (secondary N) is 1. The molecule has 1 heterocycles. The summed E-state index contributed by atoms with van der Waals surface area (Å²) in [6, 6.07) is 7.88. The number of ether oxygens (including phenoxy) is 1. The Kier molecular flexibility index (Phi) is 4.89. The number of aromatic nitrogens is 1. The summed E-state index contributed by atoms with van der Waals surface area (Å²) < 4.78 is 19.3. The molecular formula is C16H13FN2O2. The van der Waals surface area contributed by atoms with Crippen LogP contribution in [-0.2, 0) is 11.3 Å². The van der Waals surface area contributed by atoms with Gasteiger partial charge < -0.3 is 10.1 Å². The minimum atomic E-state index is -0.507. The molecule has 1 aromatic heterocycles. The average Bonchev–Trinajstić information content (AvgIpc) is 2.49. The van der Waals surface area contributed by atoms with Crippen LogP contribution in [0.15, 0.2) is 42.7 Å². The number of carbonyl (C=O) groups excluding carboxylic acids is 1. The molecule has 1 amide bonds. The quantitative estimate of drug-likeness (QED) is 0.878. The summed E-state index contributed by atoms with van der Waals surface area (Å²) in [4.78, 5) is 15.1. The van der Waals surface area contributed by atoms with E-state index in [1.54, 1.807) is 31.3 Å². The van der Waals surface area contributed by atoms with Gasteiger partial charge in [-0.1, -0.05) is 12.0 Å². The molecule has 0 bridgehead atoms. The number of benzene rings is 1. The second-order valence-corrected chi connectivity index (χ2v) is 4.11. The van der Waals surface area contributed by atoms with Crippen LogP contribution in [0.1, 0.15) is 12.5 Å². The Balaban J connectivity index is 2.03. The zero-order valence-electron chi connectivity index (χ0n) is 11.4. The number of nitrogens with zero attached hydrogens (tertiary/aromatic N) is 1. The number of halogens is 1. The summed E-state index contributed by atoms with van der Waals surface area (Å²) in [7, 11) is 0. The van der Waals surface area contributed by atoms with Crippen LogP contribution in [0.4, 0.5) is 4.39 Å². The number of hydrogen-bond acceptors (Lipinski definition) is 3. The van der Waals surface area contributed by atoms with Crippen molar-refractivity contribution in [3.05, 3.63) is 54.1 Å². The third-order valence-electron chi connectivity index (χ3n) is 2.55. The van der Waals surface area contributed by atoms with E-state index < -0.39 is 11.7 Å². The second kappa shape index (κ2) is 7.06. The van der Waals surface area contributed by atoms with Crippen LogP contribution in [0.3, 0.4) is 0 Å². The average molecular weight is 284 g/mol. The molecule has 0 aliphatic rings. The molecule has 21 heavy (non-hydrogen) atoms. The fourth-order valence-corrected chi connectivity index (χ4v) is 1.61. The summed E-state index contributed by atoms with van der Waals surface area (Å²) in [5.74, 6) is 4.49. The Morgan fingerprint density at radius 1 is 1.43 bits per heavy atom. The van der Waals surface area contributed by atoms with Crippen LogP contribution < -0.4 is 10.1 Å². The number of amides is 1. The molecule has 2 aromatic rings. The van der Waals surface area contributed by atoms with Gasteiger partial charge in [0.1, 0.15) is 5.75 Å². The topological polar surface area (TPSA) is 51.2 Å². The molecule has 0 saturated heterocycles. The largest absolute Gasteiger partial charge is 0.453 e. The van der Waals surface area contributed by atoms with Gasteiger partial charge in [-0.25, -0.2) is 4.39 Å². The van der Waals surface area contributed by atoms with Gasteiger partial charge in [-0.05, 0) is 42.7 Å². The molecule has 1 aromatic carbocycles. The van der Waals surface area contributed by atoms with Gasteiger partial charge in [-0.15, -0.1) is 0 Å². The third-order valence-corrected chi connectivity index (χ3v) is 2.55. The molecule has 0 spiro atoms. The van der Waals surface area contributed by atoms with E-state index in [0.29, 0.717) is 11.3 Å². The SMILES string of the molecule is CC#CC(=O)NCc1ccc(Oc2cccnc2)c(F)c1. The van der Waals surface area contributed by atoms with Gasteiger partial charge in [0, 0.05) is 12.7 Å². The van der Waals surface area contributed by atoms with Crippen molar-refractivity contribution in [3.63, 3.8) is 0 Å². The fraction of sp³-hybridized carbons (Fsp3) is 0.125. The lowest BCUT2D eigenvalue weighted by Crippen LogP contribution is -2.20. The Labute approximate surface area is 122 Å². The molecule has 1 N–H and O–H groups in total. The molecule has 106 valence electrons. The Morgan fingerprint density at radius 3 is 2.95 bits per heavy atom. The van der Waals surface area contributed by atoms with Gasteiger partial charge in [0.05, 0.1) is 6.20 Å². The molecule has 2 rings (SSSR count). The highest BCUT2D eigenvalue weighted by molar-refractivity contribution is 5.93. The van der Waals surface area contributed by atoms with Gasteiger partial charge in [0.2, 0.25) is 0 Å². The minimum absolute atomic E-state index is 0.103. The molecular weight excluding hydrogens is 271 g/mol. The number of carbonyl (C=O) groups is 1. The molecule has 5 heteroatoms. The van der Waals surface area contributed by atoms with E-state index in [1.165, 1.54) is 18.3 Å². The molecule has 0 unspecified atom stereocenters. The number of pyridine rings is 1. The standard InChI is InChI=1S/C16H13FN2O2/c1-2-4-16(20)19-10-12-6-7-15(14(17)9-12)21-13-5-3-8-18-11-13/h3,5-9,11H,10H2,1H3,(H,19,20). The molecule has 0 fully saturated rings. The smallest absolute Gasteiger partial charge is 0.296 e. The van der Waals surface area contributed by atoms with Crippen molar-refractivity contribution in [1.82, 2.24) is 10.3 Å². The maximum Gasteiger partial charge on any atom is 0.296 e. The van der Waals surface area contributed by atoms with Crippen LogP contribution in [0, 0.1) is 17.7 Å². The predicted octanol–water partition coefficient (Wildman–Crippen LogP) is 2.65. The number of hydrogen-bond donors (Lipinski definition) is 1. The van der Waals surface area contributed by atoms with Crippen LogP contribution in [0.2, 0.25) is 0 Å². The van der Waals surface area contributed by atoms with Crippen LogP contribution in [0.25, 0.3) is 0 Å². The first-order valence-corrected chi connectivity index (χ1v) is 6.26. The van der Waals surface area contributed by atoms with Gasteiger partial charge in [0.25, 0.3) is 5.91 Å². The van der Waals surface area contributed by atoms with E-state index >= 15 is 0 Å². The van der Waals surface area contributed by atoms with E-state index in [2.05, 4.69) is 22.1 Å². The van der Waals surface area contributed by atoms with Crippen molar-refractivity contribution in [1.29, 1.82) is 0 Å². The van der Waals surface area contributed by atoms with E-state index in [9.17, 15) is 9.18 Å². The molecule has 4 nitrogen and oxygen atoms in total. The lowest BCUT2D eigenvalue weighted by molar-refractivity contribution is -0.115. The lowest BCUT2D eigenvalue weighted by atomic mass is 10.2. The summed E-state index contributed by atoms with van der Waals surface area (Å²) in [5, 5.41) is 2.57. The maximum atomic E-state index is 13.9. The summed E-state index contributed by atoms with van der Waals surface area (Å²) in [5.41, 5.74) is 0.622. The monoisotopic (exact) mass is 284 g/mol. The Morgan fingerprint density at radius 2 is 2.29 bits per heavy atom. The van der Waals surface area contributed by atoms with Crippen LogP contribution in [0.5, 0.6) is 11.5 Å². The van der Waals surface area contributed by atoms with E-state index in [0.717, 1.165) is 0 Å². The lowest BCUT2D eigenvalue weighted by Gasteiger charge is -2.08. The zero-order chi connectivity index (χ0) is 15.1. The first kappa shape index (κ1) is 14.5. The molecule has 0 saturated carbocycles.